The minimum Gasteiger partial charge on any atom is -0.330 e. The molecule has 13 heavy (non-hydrogen) atoms. The van der Waals surface area contributed by atoms with Crippen molar-refractivity contribution in [3.05, 3.63) is 12.7 Å². The number of rotatable bonds is 5. The van der Waals surface area contributed by atoms with Gasteiger partial charge in [0, 0.05) is 6.04 Å². The van der Waals surface area contributed by atoms with E-state index in [0.717, 1.165) is 19.5 Å². The van der Waals surface area contributed by atoms with E-state index in [9.17, 15) is 0 Å². The Balaban J connectivity index is 2.23. The monoisotopic (exact) mass is 182 g/mol. The largest absolute Gasteiger partial charge is 0.330 e. The summed E-state index contributed by atoms with van der Waals surface area (Å²) in [5.74, 6) is 0.707. The Morgan fingerprint density at radius 2 is 2.15 bits per heavy atom. The fourth-order valence-electron chi connectivity index (χ4n) is 2.13. The van der Waals surface area contributed by atoms with Crippen molar-refractivity contribution in [2.24, 2.45) is 11.7 Å². The summed E-state index contributed by atoms with van der Waals surface area (Å²) in [7, 11) is 0. The zero-order valence-electron chi connectivity index (χ0n) is 8.47. The van der Waals surface area contributed by atoms with Crippen LogP contribution in [-0.2, 0) is 0 Å². The van der Waals surface area contributed by atoms with E-state index in [4.69, 9.17) is 5.73 Å². The first kappa shape index (κ1) is 10.7. The van der Waals surface area contributed by atoms with Crippen LogP contribution in [0.15, 0.2) is 12.7 Å². The average Bonchev–Trinajstić information content (AvgIpc) is 2.19. The maximum absolute atomic E-state index is 5.74. The highest BCUT2D eigenvalue weighted by Crippen LogP contribution is 2.23. The molecule has 2 nitrogen and oxygen atoms in total. The topological polar surface area (TPSA) is 38.0 Å². The molecule has 0 aromatic carbocycles. The molecule has 2 atom stereocenters. The van der Waals surface area contributed by atoms with E-state index in [1.54, 1.807) is 0 Å². The van der Waals surface area contributed by atoms with Crippen molar-refractivity contribution < 1.29 is 0 Å². The Kier molecular flexibility index (Phi) is 5.09. The lowest BCUT2D eigenvalue weighted by atomic mass is 9.84. The van der Waals surface area contributed by atoms with Gasteiger partial charge in [0.15, 0.2) is 0 Å². The number of hydrogen-bond acceptors (Lipinski definition) is 2. The Morgan fingerprint density at radius 1 is 1.38 bits per heavy atom. The first-order valence-electron chi connectivity index (χ1n) is 5.43. The number of nitrogens with two attached hydrogens (primary N) is 1. The van der Waals surface area contributed by atoms with E-state index in [-0.39, 0.29) is 0 Å². The van der Waals surface area contributed by atoms with Gasteiger partial charge in [0.2, 0.25) is 0 Å². The van der Waals surface area contributed by atoms with Gasteiger partial charge >= 0.3 is 0 Å². The summed E-state index contributed by atoms with van der Waals surface area (Å²) in [5.41, 5.74) is 5.74. The van der Waals surface area contributed by atoms with Crippen LogP contribution < -0.4 is 11.1 Å². The SMILES string of the molecule is C=CCCNC1CCCCC1CN. The summed E-state index contributed by atoms with van der Waals surface area (Å²) < 4.78 is 0. The molecule has 2 unspecified atom stereocenters. The second-order valence-corrected chi connectivity index (χ2v) is 3.92. The summed E-state index contributed by atoms with van der Waals surface area (Å²) in [4.78, 5) is 0. The molecule has 1 aliphatic rings. The van der Waals surface area contributed by atoms with Gasteiger partial charge in [-0.25, -0.2) is 0 Å². The molecule has 2 heteroatoms. The molecule has 0 aromatic heterocycles. The highest BCUT2D eigenvalue weighted by Gasteiger charge is 2.22. The first-order valence-corrected chi connectivity index (χ1v) is 5.43. The Labute approximate surface area is 81.6 Å². The van der Waals surface area contributed by atoms with Crippen molar-refractivity contribution in [2.45, 2.75) is 38.1 Å². The van der Waals surface area contributed by atoms with Gasteiger partial charge in [0.1, 0.15) is 0 Å². The predicted molar refractivity (Wildman–Crippen MR) is 57.6 cm³/mol. The summed E-state index contributed by atoms with van der Waals surface area (Å²) >= 11 is 0. The minimum atomic E-state index is 0.665. The van der Waals surface area contributed by atoms with Crippen LogP contribution >= 0.6 is 0 Å². The van der Waals surface area contributed by atoms with Crippen LogP contribution in [0, 0.1) is 5.92 Å². The van der Waals surface area contributed by atoms with Crippen LogP contribution in [0.4, 0.5) is 0 Å². The van der Waals surface area contributed by atoms with Gasteiger partial charge in [-0.3, -0.25) is 0 Å². The fraction of sp³-hybridized carbons (Fsp3) is 0.818. The van der Waals surface area contributed by atoms with Gasteiger partial charge in [-0.15, -0.1) is 6.58 Å². The van der Waals surface area contributed by atoms with Crippen LogP contribution in [0.3, 0.4) is 0 Å². The van der Waals surface area contributed by atoms with Crippen molar-refractivity contribution in [2.75, 3.05) is 13.1 Å². The zero-order valence-corrected chi connectivity index (χ0v) is 8.47. The number of hydrogen-bond donors (Lipinski definition) is 2. The van der Waals surface area contributed by atoms with E-state index < -0.39 is 0 Å². The molecule has 0 amide bonds. The zero-order chi connectivity index (χ0) is 9.52. The Hall–Kier alpha value is -0.340. The van der Waals surface area contributed by atoms with E-state index in [0.29, 0.717) is 12.0 Å². The smallest absolute Gasteiger partial charge is 0.0107 e. The summed E-state index contributed by atoms with van der Waals surface area (Å²) in [6.45, 7) is 5.62. The van der Waals surface area contributed by atoms with E-state index in [1.807, 2.05) is 6.08 Å². The predicted octanol–water partition coefficient (Wildman–Crippen LogP) is 1.67. The maximum Gasteiger partial charge on any atom is 0.0107 e. The summed E-state index contributed by atoms with van der Waals surface area (Å²) in [5, 5.41) is 3.57. The minimum absolute atomic E-state index is 0.665. The molecule has 3 N–H and O–H groups in total. The van der Waals surface area contributed by atoms with Crippen LogP contribution in [0.2, 0.25) is 0 Å². The fourth-order valence-corrected chi connectivity index (χ4v) is 2.13. The molecular weight excluding hydrogens is 160 g/mol. The van der Waals surface area contributed by atoms with Gasteiger partial charge in [0.05, 0.1) is 0 Å². The molecule has 1 aliphatic carbocycles. The van der Waals surface area contributed by atoms with E-state index in [1.165, 1.54) is 25.7 Å². The molecule has 1 rings (SSSR count). The number of nitrogens with one attached hydrogen (secondary N) is 1. The van der Waals surface area contributed by atoms with Crippen LogP contribution in [0.5, 0.6) is 0 Å². The first-order chi connectivity index (χ1) is 6.38. The van der Waals surface area contributed by atoms with Crippen LogP contribution in [-0.4, -0.2) is 19.1 Å². The highest BCUT2D eigenvalue weighted by molar-refractivity contribution is 4.82. The standard InChI is InChI=1S/C11H22N2/c1-2-3-8-13-11-7-5-4-6-10(11)9-12/h2,10-11,13H,1,3-9,12H2. The van der Waals surface area contributed by atoms with Gasteiger partial charge in [0.25, 0.3) is 0 Å². The Morgan fingerprint density at radius 3 is 2.85 bits per heavy atom. The van der Waals surface area contributed by atoms with Crippen molar-refractivity contribution in [3.63, 3.8) is 0 Å². The van der Waals surface area contributed by atoms with Crippen molar-refractivity contribution in [3.8, 4) is 0 Å². The van der Waals surface area contributed by atoms with Crippen molar-refractivity contribution in [1.29, 1.82) is 0 Å². The normalized spacial score (nSPS) is 28.7. The summed E-state index contributed by atoms with van der Waals surface area (Å²) in [6.07, 6.45) is 8.37. The lowest BCUT2D eigenvalue weighted by molar-refractivity contribution is 0.270. The molecule has 0 aliphatic heterocycles. The van der Waals surface area contributed by atoms with Gasteiger partial charge < -0.3 is 11.1 Å². The molecule has 0 saturated heterocycles. The molecule has 76 valence electrons. The second kappa shape index (κ2) is 6.17. The molecule has 0 aromatic rings. The lowest BCUT2D eigenvalue weighted by Crippen LogP contribution is -2.42. The third kappa shape index (κ3) is 3.49. The van der Waals surface area contributed by atoms with Crippen LogP contribution in [0.1, 0.15) is 32.1 Å². The lowest BCUT2D eigenvalue weighted by Gasteiger charge is -2.31. The van der Waals surface area contributed by atoms with Crippen LogP contribution in [0.25, 0.3) is 0 Å². The van der Waals surface area contributed by atoms with E-state index in [2.05, 4.69) is 11.9 Å². The second-order valence-electron chi connectivity index (χ2n) is 3.92. The van der Waals surface area contributed by atoms with Gasteiger partial charge in [-0.05, 0) is 38.3 Å². The molecule has 1 saturated carbocycles. The highest BCUT2D eigenvalue weighted by atomic mass is 14.9. The average molecular weight is 182 g/mol. The van der Waals surface area contributed by atoms with Gasteiger partial charge in [-0.1, -0.05) is 18.9 Å². The van der Waals surface area contributed by atoms with Crippen molar-refractivity contribution in [1.82, 2.24) is 5.32 Å². The molecule has 0 bridgehead atoms. The molecule has 1 fully saturated rings. The summed E-state index contributed by atoms with van der Waals surface area (Å²) in [6, 6.07) is 0.665. The molecule has 0 spiro atoms. The molecule has 0 heterocycles. The Bertz CT molecular complexity index is 145. The quantitative estimate of drug-likeness (QED) is 0.501. The molecular formula is C11H22N2. The third-order valence-corrected chi connectivity index (χ3v) is 2.97. The molecule has 0 radical (unpaired) electrons. The maximum atomic E-state index is 5.74. The van der Waals surface area contributed by atoms with Gasteiger partial charge in [-0.2, -0.15) is 0 Å². The third-order valence-electron chi connectivity index (χ3n) is 2.97. The van der Waals surface area contributed by atoms with E-state index >= 15 is 0 Å². The van der Waals surface area contributed by atoms with Crippen molar-refractivity contribution >= 4 is 0 Å².